The highest BCUT2D eigenvalue weighted by molar-refractivity contribution is 9.10. The maximum atomic E-state index is 9.09. The van der Waals surface area contributed by atoms with E-state index in [2.05, 4.69) is 27.0 Å². The summed E-state index contributed by atoms with van der Waals surface area (Å²) in [6.07, 6.45) is 0.331. The highest BCUT2D eigenvalue weighted by atomic mass is 79.9. The molecule has 0 unspecified atom stereocenters. The summed E-state index contributed by atoms with van der Waals surface area (Å²) in [6.45, 7) is 0.476. The van der Waals surface area contributed by atoms with Crippen molar-refractivity contribution in [3.63, 3.8) is 0 Å². The fraction of sp³-hybridized carbons (Fsp3) is 0.188. The number of aromatic nitrogens is 2. The summed E-state index contributed by atoms with van der Waals surface area (Å²) in [7, 11) is 0. The molecule has 0 aliphatic carbocycles. The third-order valence-electron chi connectivity index (χ3n) is 3.50. The van der Waals surface area contributed by atoms with Crippen LogP contribution in [0.4, 0.5) is 0 Å². The Labute approximate surface area is 146 Å². The molecule has 0 atom stereocenters. The van der Waals surface area contributed by atoms with Crippen LogP contribution in [0.3, 0.4) is 0 Å². The van der Waals surface area contributed by atoms with E-state index >= 15 is 0 Å². The molecular weight excluding hydrogens is 378 g/mol. The maximum Gasteiger partial charge on any atom is 0.173 e. The Kier molecular flexibility index (Phi) is 5.03. The Morgan fingerprint density at radius 3 is 2.61 bits per heavy atom. The molecule has 4 N–H and O–H groups in total. The van der Waals surface area contributed by atoms with Crippen LogP contribution in [0, 0.1) is 0 Å². The fourth-order valence-corrected chi connectivity index (χ4v) is 3.83. The predicted octanol–water partition coefficient (Wildman–Crippen LogP) is 2.65. The predicted molar refractivity (Wildman–Crippen MR) is 95.6 cm³/mol. The van der Waals surface area contributed by atoms with Crippen LogP contribution in [0.1, 0.15) is 5.56 Å². The first-order valence-electron chi connectivity index (χ1n) is 7.05. The van der Waals surface area contributed by atoms with Gasteiger partial charge in [-0.3, -0.25) is 4.57 Å². The summed E-state index contributed by atoms with van der Waals surface area (Å²) in [5.74, 6) is 0.155. The van der Waals surface area contributed by atoms with Gasteiger partial charge < -0.3 is 15.9 Å². The molecule has 2 aromatic carbocycles. The average Bonchev–Trinajstić information content (AvgIpc) is 2.92. The molecule has 0 amide bonds. The van der Waals surface area contributed by atoms with Gasteiger partial charge in [0.05, 0.1) is 17.6 Å². The van der Waals surface area contributed by atoms with Crippen molar-refractivity contribution in [3.8, 4) is 5.69 Å². The molecule has 0 spiro atoms. The second-order valence-corrected chi connectivity index (χ2v) is 6.78. The van der Waals surface area contributed by atoms with Crippen LogP contribution in [0.5, 0.6) is 0 Å². The Balaban J connectivity index is 2.16. The molecule has 1 aromatic heterocycles. The summed E-state index contributed by atoms with van der Waals surface area (Å²) in [4.78, 5) is 4.35. The molecule has 3 rings (SSSR count). The monoisotopic (exact) mass is 393 g/mol. The van der Waals surface area contributed by atoms with Crippen molar-refractivity contribution in [2.45, 2.75) is 18.0 Å². The van der Waals surface area contributed by atoms with E-state index < -0.39 is 6.29 Å². The van der Waals surface area contributed by atoms with Crippen LogP contribution < -0.4 is 5.73 Å². The van der Waals surface area contributed by atoms with Crippen LogP contribution in [-0.2, 0) is 6.54 Å². The lowest BCUT2D eigenvalue weighted by atomic mass is 10.0. The van der Waals surface area contributed by atoms with Gasteiger partial charge in [-0.15, -0.1) is 0 Å². The van der Waals surface area contributed by atoms with Crippen molar-refractivity contribution in [1.29, 1.82) is 0 Å². The summed E-state index contributed by atoms with van der Waals surface area (Å²) in [5, 5.41) is 21.1. The molecule has 0 saturated carbocycles. The van der Waals surface area contributed by atoms with Gasteiger partial charge in [0.25, 0.3) is 0 Å². The number of nitrogens with zero attached hydrogens (tertiary/aromatic N) is 2. The number of thioether (sulfide) groups is 1. The van der Waals surface area contributed by atoms with Crippen molar-refractivity contribution >= 4 is 38.5 Å². The summed E-state index contributed by atoms with van der Waals surface area (Å²) in [6, 6.07) is 12.1. The zero-order valence-corrected chi connectivity index (χ0v) is 14.6. The van der Waals surface area contributed by atoms with Crippen molar-refractivity contribution < 1.29 is 10.2 Å². The number of hydrogen-bond acceptors (Lipinski definition) is 5. The molecule has 7 heteroatoms. The van der Waals surface area contributed by atoms with Crippen molar-refractivity contribution in [3.05, 3.63) is 52.8 Å². The van der Waals surface area contributed by atoms with Gasteiger partial charge in [-0.2, -0.15) is 0 Å². The lowest BCUT2D eigenvalue weighted by Gasteiger charge is -2.14. The van der Waals surface area contributed by atoms with Crippen LogP contribution in [-0.4, -0.2) is 31.8 Å². The third-order valence-corrected chi connectivity index (χ3v) is 5.07. The number of benzene rings is 2. The smallest absolute Gasteiger partial charge is 0.173 e. The molecular formula is C16H16BrN3O2S. The molecule has 0 bridgehead atoms. The summed E-state index contributed by atoms with van der Waals surface area (Å²) in [5.41, 5.74) is 7.89. The van der Waals surface area contributed by atoms with Crippen LogP contribution in [0.2, 0.25) is 0 Å². The summed E-state index contributed by atoms with van der Waals surface area (Å²) >= 11 is 4.81. The normalized spacial score (nSPS) is 11.5. The lowest BCUT2D eigenvalue weighted by molar-refractivity contribution is -0.0186. The first kappa shape index (κ1) is 16.5. The average molecular weight is 394 g/mol. The van der Waals surface area contributed by atoms with E-state index in [1.807, 2.05) is 34.9 Å². The number of halogens is 1. The van der Waals surface area contributed by atoms with Gasteiger partial charge in [-0.05, 0) is 32.9 Å². The van der Waals surface area contributed by atoms with Crippen LogP contribution >= 0.6 is 27.7 Å². The van der Waals surface area contributed by atoms with Gasteiger partial charge in [0.15, 0.2) is 11.4 Å². The number of nitrogens with two attached hydrogens (primary N) is 1. The van der Waals surface area contributed by atoms with Crippen molar-refractivity contribution in [2.75, 3.05) is 5.75 Å². The highest BCUT2D eigenvalue weighted by Crippen LogP contribution is 2.32. The van der Waals surface area contributed by atoms with Gasteiger partial charge in [0.1, 0.15) is 4.60 Å². The Morgan fingerprint density at radius 1 is 1.17 bits per heavy atom. The van der Waals surface area contributed by atoms with E-state index in [4.69, 9.17) is 15.9 Å². The molecule has 0 saturated heterocycles. The van der Waals surface area contributed by atoms with Gasteiger partial charge >= 0.3 is 0 Å². The number of aliphatic hydroxyl groups excluding tert-OH is 1. The van der Waals surface area contributed by atoms with Crippen molar-refractivity contribution in [1.82, 2.24) is 9.55 Å². The van der Waals surface area contributed by atoms with E-state index in [1.54, 1.807) is 6.20 Å². The number of imidazole rings is 1. The van der Waals surface area contributed by atoms with Crippen LogP contribution in [0.15, 0.2) is 52.4 Å². The first-order valence-corrected chi connectivity index (χ1v) is 8.83. The van der Waals surface area contributed by atoms with Gasteiger partial charge in [0.2, 0.25) is 0 Å². The molecule has 0 aliphatic heterocycles. The quantitative estimate of drug-likeness (QED) is 0.458. The Hall–Kier alpha value is -1.38. The van der Waals surface area contributed by atoms with E-state index in [0.717, 1.165) is 26.6 Å². The molecule has 0 fully saturated rings. The minimum Gasteiger partial charge on any atom is -0.367 e. The molecule has 0 aliphatic rings. The SMILES string of the molecule is NCc1ccc(-n2c(Br)cnc2SCC(O)O)c2ccccc12. The second-order valence-electron chi connectivity index (χ2n) is 4.98. The first-order chi connectivity index (χ1) is 11.1. The largest absolute Gasteiger partial charge is 0.367 e. The minimum absolute atomic E-state index is 0.155. The number of rotatable bonds is 5. The van der Waals surface area contributed by atoms with Gasteiger partial charge in [-0.1, -0.05) is 42.1 Å². The van der Waals surface area contributed by atoms with Crippen LogP contribution in [0.25, 0.3) is 16.5 Å². The molecule has 1 heterocycles. The number of fused-ring (bicyclic) bond motifs is 1. The number of hydrogen-bond donors (Lipinski definition) is 3. The molecule has 5 nitrogen and oxygen atoms in total. The van der Waals surface area contributed by atoms with Gasteiger partial charge in [0, 0.05) is 11.9 Å². The van der Waals surface area contributed by atoms with Crippen molar-refractivity contribution in [2.24, 2.45) is 5.73 Å². The molecule has 3 aromatic rings. The van der Waals surface area contributed by atoms with E-state index in [0.29, 0.717) is 11.7 Å². The second kappa shape index (κ2) is 7.02. The zero-order valence-electron chi connectivity index (χ0n) is 12.2. The minimum atomic E-state index is -1.37. The third kappa shape index (κ3) is 3.29. The maximum absolute atomic E-state index is 9.09. The summed E-state index contributed by atoms with van der Waals surface area (Å²) < 4.78 is 2.76. The Morgan fingerprint density at radius 2 is 1.91 bits per heavy atom. The van der Waals surface area contributed by atoms with E-state index in [1.165, 1.54) is 11.8 Å². The zero-order chi connectivity index (χ0) is 16.4. The van der Waals surface area contributed by atoms with E-state index in [-0.39, 0.29) is 5.75 Å². The standard InChI is InChI=1S/C16H16BrN3O2S/c17-14-8-19-16(23-9-15(21)22)20(14)13-6-5-10(7-18)11-3-1-2-4-12(11)13/h1-6,8,15,21-22H,7,9,18H2. The van der Waals surface area contributed by atoms with E-state index in [9.17, 15) is 0 Å². The van der Waals surface area contributed by atoms with Gasteiger partial charge in [-0.25, -0.2) is 4.98 Å². The molecule has 120 valence electrons. The molecule has 0 radical (unpaired) electrons. The fourth-order valence-electron chi connectivity index (χ4n) is 2.50. The highest BCUT2D eigenvalue weighted by Gasteiger charge is 2.15. The lowest BCUT2D eigenvalue weighted by Crippen LogP contribution is -2.08. The molecule has 23 heavy (non-hydrogen) atoms. The topological polar surface area (TPSA) is 84.3 Å². The Bertz CT molecular complexity index is 835. The number of aliphatic hydroxyl groups is 2.